The van der Waals surface area contributed by atoms with E-state index in [4.69, 9.17) is 12.8 Å². The summed E-state index contributed by atoms with van der Waals surface area (Å²) in [6.07, 6.45) is 10.7. The molecule has 106 valence electrons. The van der Waals surface area contributed by atoms with Crippen molar-refractivity contribution in [2.45, 2.75) is 0 Å². The topological polar surface area (TPSA) is 74.6 Å². The van der Waals surface area contributed by atoms with Gasteiger partial charge in [-0.2, -0.15) is 0 Å². The minimum Gasteiger partial charge on any atom is -0.478 e. The molecular formula is C18H10O4. The third kappa shape index (κ3) is 2.42. The second-order valence-corrected chi connectivity index (χ2v) is 4.36. The van der Waals surface area contributed by atoms with Gasteiger partial charge >= 0.3 is 11.9 Å². The highest BCUT2D eigenvalue weighted by atomic mass is 16.4. The lowest BCUT2D eigenvalue weighted by atomic mass is 9.90. The minimum absolute atomic E-state index is 0.123. The largest absolute Gasteiger partial charge is 0.478 e. The normalized spacial score (nSPS) is 9.55. The average Bonchev–Trinajstić information content (AvgIpc) is 2.52. The van der Waals surface area contributed by atoms with Crippen LogP contribution in [-0.4, -0.2) is 22.2 Å². The van der Waals surface area contributed by atoms with Crippen LogP contribution in [-0.2, 0) is 0 Å². The van der Waals surface area contributed by atoms with Gasteiger partial charge in [-0.1, -0.05) is 36.1 Å². The summed E-state index contributed by atoms with van der Waals surface area (Å²) in [7, 11) is 0. The van der Waals surface area contributed by atoms with Gasteiger partial charge in [0.2, 0.25) is 0 Å². The second-order valence-electron chi connectivity index (χ2n) is 4.36. The van der Waals surface area contributed by atoms with Gasteiger partial charge in [-0.05, 0) is 23.3 Å². The molecule has 4 heteroatoms. The maximum Gasteiger partial charge on any atom is 0.337 e. The fraction of sp³-hybridized carbons (Fsp3) is 0. The first kappa shape index (κ1) is 14.9. The van der Waals surface area contributed by atoms with Crippen LogP contribution >= 0.6 is 0 Å². The Labute approximate surface area is 127 Å². The van der Waals surface area contributed by atoms with E-state index in [-0.39, 0.29) is 33.4 Å². The zero-order valence-corrected chi connectivity index (χ0v) is 11.3. The number of benzene rings is 2. The van der Waals surface area contributed by atoms with E-state index in [1.165, 1.54) is 24.3 Å². The van der Waals surface area contributed by atoms with Crippen molar-refractivity contribution in [2.24, 2.45) is 0 Å². The van der Waals surface area contributed by atoms with Crippen LogP contribution in [0.3, 0.4) is 0 Å². The summed E-state index contributed by atoms with van der Waals surface area (Å²) in [5.41, 5.74) is 0.540. The van der Waals surface area contributed by atoms with Crippen molar-refractivity contribution in [1.29, 1.82) is 0 Å². The van der Waals surface area contributed by atoms with Crippen molar-refractivity contribution in [3.8, 4) is 35.8 Å². The Hall–Kier alpha value is -3.50. The number of hydrogen-bond acceptors (Lipinski definition) is 2. The van der Waals surface area contributed by atoms with E-state index in [1.54, 1.807) is 12.1 Å². The standard InChI is InChI=1S/C18H10O4/c1-3-11-7-5-9-13(15(11)17(19)20)14-10-6-8-12(4-2)16(14)18(21)22/h1-2,5-10H,(H,19,20)(H,21,22). The minimum atomic E-state index is -1.23. The molecule has 0 aliphatic carbocycles. The van der Waals surface area contributed by atoms with Crippen LogP contribution < -0.4 is 0 Å². The maximum absolute atomic E-state index is 11.5. The molecule has 0 unspecified atom stereocenters. The smallest absolute Gasteiger partial charge is 0.337 e. The molecule has 2 rings (SSSR count). The van der Waals surface area contributed by atoms with Crippen molar-refractivity contribution in [1.82, 2.24) is 0 Å². The van der Waals surface area contributed by atoms with Gasteiger partial charge in [-0.15, -0.1) is 12.8 Å². The zero-order chi connectivity index (χ0) is 16.3. The Morgan fingerprint density at radius 1 is 0.773 bits per heavy atom. The van der Waals surface area contributed by atoms with Gasteiger partial charge in [-0.3, -0.25) is 0 Å². The Bertz CT molecular complexity index is 790. The van der Waals surface area contributed by atoms with Gasteiger partial charge in [-0.25, -0.2) is 9.59 Å². The van der Waals surface area contributed by atoms with Crippen molar-refractivity contribution in [2.75, 3.05) is 0 Å². The molecule has 2 aromatic carbocycles. The number of carbonyl (C=O) groups is 2. The van der Waals surface area contributed by atoms with E-state index < -0.39 is 11.9 Å². The van der Waals surface area contributed by atoms with Crippen LogP contribution in [0.5, 0.6) is 0 Å². The highest BCUT2D eigenvalue weighted by Crippen LogP contribution is 2.31. The molecule has 0 amide bonds. The van der Waals surface area contributed by atoms with Gasteiger partial charge in [0.1, 0.15) is 0 Å². The molecule has 2 N–H and O–H groups in total. The number of terminal acetylenes is 2. The molecule has 0 fully saturated rings. The first-order valence-corrected chi connectivity index (χ1v) is 6.17. The molecule has 0 atom stereocenters. The monoisotopic (exact) mass is 290 g/mol. The Kier molecular flexibility index (Phi) is 3.97. The first-order chi connectivity index (χ1) is 10.5. The highest BCUT2D eigenvalue weighted by Gasteiger charge is 2.21. The molecule has 0 saturated heterocycles. The van der Waals surface area contributed by atoms with Crippen molar-refractivity contribution in [3.05, 3.63) is 58.7 Å². The molecule has 0 saturated carbocycles. The molecule has 0 aromatic heterocycles. The van der Waals surface area contributed by atoms with E-state index in [0.717, 1.165) is 0 Å². The van der Waals surface area contributed by atoms with Gasteiger partial charge in [0.15, 0.2) is 0 Å². The molecule has 0 aliphatic rings. The van der Waals surface area contributed by atoms with Crippen LogP contribution in [0.25, 0.3) is 11.1 Å². The summed E-state index contributed by atoms with van der Waals surface area (Å²) in [5, 5.41) is 18.8. The number of carboxylic acid groups (broad SMARTS) is 2. The SMILES string of the molecule is C#Cc1cccc(-c2cccc(C#C)c2C(=O)O)c1C(=O)O. The third-order valence-corrected chi connectivity index (χ3v) is 3.16. The van der Waals surface area contributed by atoms with E-state index in [9.17, 15) is 19.8 Å². The van der Waals surface area contributed by atoms with Crippen LogP contribution in [0.15, 0.2) is 36.4 Å². The summed E-state index contributed by atoms with van der Waals surface area (Å²) in [6.45, 7) is 0. The Morgan fingerprint density at radius 3 is 1.41 bits per heavy atom. The molecule has 0 aliphatic heterocycles. The van der Waals surface area contributed by atoms with Crippen molar-refractivity contribution >= 4 is 11.9 Å². The number of rotatable bonds is 3. The fourth-order valence-corrected chi connectivity index (χ4v) is 2.25. The van der Waals surface area contributed by atoms with Gasteiger partial charge in [0, 0.05) is 11.1 Å². The molecule has 0 spiro atoms. The molecule has 2 aromatic rings. The lowest BCUT2D eigenvalue weighted by Crippen LogP contribution is -2.08. The molecule has 22 heavy (non-hydrogen) atoms. The van der Waals surface area contributed by atoms with Crippen LogP contribution in [0, 0.1) is 24.7 Å². The third-order valence-electron chi connectivity index (χ3n) is 3.16. The van der Waals surface area contributed by atoms with E-state index in [1.807, 2.05) is 0 Å². The summed E-state index contributed by atoms with van der Waals surface area (Å²) < 4.78 is 0. The van der Waals surface area contributed by atoms with E-state index in [2.05, 4.69) is 11.8 Å². The van der Waals surface area contributed by atoms with Crippen molar-refractivity contribution < 1.29 is 19.8 Å². The van der Waals surface area contributed by atoms with Crippen LogP contribution in [0.2, 0.25) is 0 Å². The quantitative estimate of drug-likeness (QED) is 0.852. The maximum atomic E-state index is 11.5. The lowest BCUT2D eigenvalue weighted by Gasteiger charge is -2.12. The van der Waals surface area contributed by atoms with Gasteiger partial charge < -0.3 is 10.2 Å². The van der Waals surface area contributed by atoms with Crippen LogP contribution in [0.4, 0.5) is 0 Å². The summed E-state index contributed by atoms with van der Waals surface area (Å²) >= 11 is 0. The van der Waals surface area contributed by atoms with Crippen LogP contribution in [0.1, 0.15) is 31.8 Å². The summed E-state index contributed by atoms with van der Waals surface area (Å²) in [4.78, 5) is 23.1. The lowest BCUT2D eigenvalue weighted by molar-refractivity contribution is 0.0684. The molecule has 4 nitrogen and oxygen atoms in total. The number of hydrogen-bond donors (Lipinski definition) is 2. The number of carboxylic acids is 2. The molecule has 0 radical (unpaired) electrons. The zero-order valence-electron chi connectivity index (χ0n) is 11.3. The predicted octanol–water partition coefficient (Wildman–Crippen LogP) is 2.71. The van der Waals surface area contributed by atoms with E-state index >= 15 is 0 Å². The molecule has 0 bridgehead atoms. The van der Waals surface area contributed by atoms with Gasteiger partial charge in [0.05, 0.1) is 11.1 Å². The Morgan fingerprint density at radius 2 is 1.14 bits per heavy atom. The second kappa shape index (κ2) is 5.87. The molecular weight excluding hydrogens is 280 g/mol. The van der Waals surface area contributed by atoms with Crippen molar-refractivity contribution in [3.63, 3.8) is 0 Å². The summed E-state index contributed by atoms with van der Waals surface area (Å²) in [5.74, 6) is 2.13. The fourth-order valence-electron chi connectivity index (χ4n) is 2.25. The van der Waals surface area contributed by atoms with Gasteiger partial charge in [0.25, 0.3) is 0 Å². The average molecular weight is 290 g/mol. The summed E-state index contributed by atoms with van der Waals surface area (Å²) in [6, 6.07) is 9.13. The first-order valence-electron chi connectivity index (χ1n) is 6.17. The highest BCUT2D eigenvalue weighted by molar-refractivity contribution is 6.04. The van der Waals surface area contributed by atoms with E-state index in [0.29, 0.717) is 0 Å². The predicted molar refractivity (Wildman–Crippen MR) is 81.7 cm³/mol. The number of aromatic carboxylic acids is 2. The Balaban J connectivity index is 2.91. The molecule has 0 heterocycles.